The Hall–Kier alpha value is -3.47. The molecule has 0 spiro atoms. The molecule has 128 valence electrons. The average molecular weight is 343 g/mol. The van der Waals surface area contributed by atoms with E-state index in [4.69, 9.17) is 9.72 Å². The second kappa shape index (κ2) is 6.44. The van der Waals surface area contributed by atoms with Gasteiger partial charge in [-0.05, 0) is 6.92 Å². The molecule has 0 amide bonds. The first kappa shape index (κ1) is 16.0. The SMILES string of the molecule is CC(=O)Oc1c(C)nc2c(-c3ccccc3)nc(-c3ccccc3)cn12. The van der Waals surface area contributed by atoms with E-state index in [-0.39, 0.29) is 5.97 Å². The fraction of sp³-hybridized carbons (Fsp3) is 0.0952. The number of benzene rings is 2. The average Bonchev–Trinajstić information content (AvgIpc) is 2.97. The number of carbonyl (C=O) groups is 1. The van der Waals surface area contributed by atoms with Crippen molar-refractivity contribution in [1.29, 1.82) is 0 Å². The van der Waals surface area contributed by atoms with Crippen LogP contribution in [0.1, 0.15) is 12.6 Å². The summed E-state index contributed by atoms with van der Waals surface area (Å²) in [4.78, 5) is 21.0. The lowest BCUT2D eigenvalue weighted by atomic mass is 10.1. The summed E-state index contributed by atoms with van der Waals surface area (Å²) in [7, 11) is 0. The Bertz CT molecular complexity index is 1090. The van der Waals surface area contributed by atoms with Crippen molar-refractivity contribution >= 4 is 11.6 Å². The number of rotatable bonds is 3. The van der Waals surface area contributed by atoms with Crippen LogP contribution in [0.25, 0.3) is 28.2 Å². The van der Waals surface area contributed by atoms with Crippen molar-refractivity contribution in [2.24, 2.45) is 0 Å². The molecule has 2 aromatic carbocycles. The van der Waals surface area contributed by atoms with Crippen LogP contribution in [0.4, 0.5) is 0 Å². The number of fused-ring (bicyclic) bond motifs is 1. The minimum atomic E-state index is -0.380. The molecule has 26 heavy (non-hydrogen) atoms. The number of nitrogens with zero attached hydrogens (tertiary/aromatic N) is 3. The number of carbonyl (C=O) groups excluding carboxylic acids is 1. The van der Waals surface area contributed by atoms with Crippen LogP contribution in [0.15, 0.2) is 66.9 Å². The summed E-state index contributed by atoms with van der Waals surface area (Å²) in [6, 6.07) is 19.8. The first-order chi connectivity index (χ1) is 12.6. The van der Waals surface area contributed by atoms with Crippen LogP contribution in [0.3, 0.4) is 0 Å². The van der Waals surface area contributed by atoms with E-state index >= 15 is 0 Å². The maximum atomic E-state index is 11.5. The van der Waals surface area contributed by atoms with E-state index in [1.54, 1.807) is 4.40 Å². The Balaban J connectivity index is 2.04. The van der Waals surface area contributed by atoms with Gasteiger partial charge in [0.25, 0.3) is 0 Å². The minimum Gasteiger partial charge on any atom is -0.407 e. The van der Waals surface area contributed by atoms with Crippen molar-refractivity contribution < 1.29 is 9.53 Å². The lowest BCUT2D eigenvalue weighted by molar-refractivity contribution is -0.132. The van der Waals surface area contributed by atoms with E-state index in [2.05, 4.69) is 4.98 Å². The Morgan fingerprint density at radius 1 is 0.923 bits per heavy atom. The number of esters is 1. The molecule has 0 saturated carbocycles. The zero-order valence-electron chi connectivity index (χ0n) is 14.5. The molecule has 0 radical (unpaired) electrons. The van der Waals surface area contributed by atoms with Crippen molar-refractivity contribution in [2.45, 2.75) is 13.8 Å². The Morgan fingerprint density at radius 3 is 2.15 bits per heavy atom. The van der Waals surface area contributed by atoms with E-state index in [0.717, 1.165) is 22.5 Å². The van der Waals surface area contributed by atoms with Crippen molar-refractivity contribution in [3.8, 4) is 28.4 Å². The molecule has 0 aliphatic rings. The zero-order chi connectivity index (χ0) is 18.1. The highest BCUT2D eigenvalue weighted by molar-refractivity contribution is 5.78. The van der Waals surface area contributed by atoms with Crippen LogP contribution in [-0.4, -0.2) is 20.3 Å². The number of imidazole rings is 1. The Kier molecular flexibility index (Phi) is 3.97. The molecule has 0 unspecified atom stereocenters. The van der Waals surface area contributed by atoms with Crippen LogP contribution in [0.2, 0.25) is 0 Å². The van der Waals surface area contributed by atoms with E-state index in [1.165, 1.54) is 6.92 Å². The van der Waals surface area contributed by atoms with Crippen molar-refractivity contribution in [3.63, 3.8) is 0 Å². The molecule has 0 aliphatic heterocycles. The van der Waals surface area contributed by atoms with Gasteiger partial charge in [0.05, 0.1) is 5.69 Å². The normalized spacial score (nSPS) is 10.8. The summed E-state index contributed by atoms with van der Waals surface area (Å²) >= 11 is 0. The van der Waals surface area contributed by atoms with Crippen LogP contribution < -0.4 is 4.74 Å². The molecule has 0 atom stereocenters. The third kappa shape index (κ3) is 2.84. The van der Waals surface area contributed by atoms with Gasteiger partial charge in [0.15, 0.2) is 5.65 Å². The third-order valence-electron chi connectivity index (χ3n) is 4.08. The molecule has 0 saturated heterocycles. The monoisotopic (exact) mass is 343 g/mol. The molecular formula is C21H17N3O2. The lowest BCUT2D eigenvalue weighted by Crippen LogP contribution is -2.05. The molecule has 0 bridgehead atoms. The number of aryl methyl sites for hydroxylation is 1. The standard InChI is InChI=1S/C21H17N3O2/c1-14-21(26-15(2)25)24-13-18(16-9-5-3-6-10-16)23-19(20(24)22-14)17-11-7-4-8-12-17/h3-13H,1-2H3. The summed E-state index contributed by atoms with van der Waals surface area (Å²) in [5.74, 6) is 0.0403. The van der Waals surface area contributed by atoms with E-state index in [1.807, 2.05) is 73.8 Å². The Morgan fingerprint density at radius 2 is 1.54 bits per heavy atom. The van der Waals surface area contributed by atoms with Crippen LogP contribution in [0.5, 0.6) is 5.88 Å². The highest BCUT2D eigenvalue weighted by Crippen LogP contribution is 2.31. The second-order valence-electron chi connectivity index (χ2n) is 6.00. The zero-order valence-corrected chi connectivity index (χ0v) is 14.5. The Labute approximate surface area is 150 Å². The van der Waals surface area contributed by atoms with Gasteiger partial charge in [0.1, 0.15) is 11.4 Å². The van der Waals surface area contributed by atoms with Gasteiger partial charge in [0, 0.05) is 24.2 Å². The van der Waals surface area contributed by atoms with E-state index in [0.29, 0.717) is 17.2 Å². The van der Waals surface area contributed by atoms with Crippen molar-refractivity contribution in [2.75, 3.05) is 0 Å². The highest BCUT2D eigenvalue weighted by atomic mass is 16.5. The number of aromatic nitrogens is 3. The number of hydrogen-bond acceptors (Lipinski definition) is 4. The van der Waals surface area contributed by atoms with Crippen molar-refractivity contribution in [3.05, 3.63) is 72.6 Å². The topological polar surface area (TPSA) is 56.5 Å². The fourth-order valence-corrected chi connectivity index (χ4v) is 2.94. The number of hydrogen-bond donors (Lipinski definition) is 0. The largest absolute Gasteiger partial charge is 0.407 e. The molecule has 0 fully saturated rings. The van der Waals surface area contributed by atoms with Crippen molar-refractivity contribution in [1.82, 2.24) is 14.4 Å². The smallest absolute Gasteiger partial charge is 0.309 e. The summed E-state index contributed by atoms with van der Waals surface area (Å²) in [5.41, 5.74) is 4.76. The van der Waals surface area contributed by atoms with Crippen LogP contribution >= 0.6 is 0 Å². The molecule has 5 nitrogen and oxygen atoms in total. The molecule has 4 aromatic rings. The van der Waals surface area contributed by atoms with Gasteiger partial charge in [-0.15, -0.1) is 0 Å². The van der Waals surface area contributed by atoms with E-state index in [9.17, 15) is 4.79 Å². The molecule has 5 heteroatoms. The maximum Gasteiger partial charge on any atom is 0.309 e. The maximum absolute atomic E-state index is 11.5. The van der Waals surface area contributed by atoms with Gasteiger partial charge in [-0.2, -0.15) is 0 Å². The highest BCUT2D eigenvalue weighted by Gasteiger charge is 2.18. The first-order valence-corrected chi connectivity index (χ1v) is 8.32. The lowest BCUT2D eigenvalue weighted by Gasteiger charge is -2.09. The van der Waals surface area contributed by atoms with Crippen LogP contribution in [0, 0.1) is 6.92 Å². The summed E-state index contributed by atoms with van der Waals surface area (Å²) < 4.78 is 7.21. The van der Waals surface area contributed by atoms with Gasteiger partial charge in [0.2, 0.25) is 5.88 Å². The van der Waals surface area contributed by atoms with E-state index < -0.39 is 0 Å². The van der Waals surface area contributed by atoms with Gasteiger partial charge in [-0.3, -0.25) is 9.20 Å². The minimum absolute atomic E-state index is 0.380. The van der Waals surface area contributed by atoms with Gasteiger partial charge in [-0.1, -0.05) is 60.7 Å². The number of ether oxygens (including phenoxy) is 1. The van der Waals surface area contributed by atoms with Gasteiger partial charge >= 0.3 is 5.97 Å². The quantitative estimate of drug-likeness (QED) is 0.521. The van der Waals surface area contributed by atoms with Gasteiger partial charge in [-0.25, -0.2) is 9.97 Å². The molecule has 2 aromatic heterocycles. The van der Waals surface area contributed by atoms with Gasteiger partial charge < -0.3 is 4.74 Å². The fourth-order valence-electron chi connectivity index (χ4n) is 2.94. The summed E-state index contributed by atoms with van der Waals surface area (Å²) in [6.45, 7) is 3.21. The summed E-state index contributed by atoms with van der Waals surface area (Å²) in [6.07, 6.45) is 1.86. The molecular weight excluding hydrogens is 326 g/mol. The molecule has 0 aliphatic carbocycles. The molecule has 2 heterocycles. The van der Waals surface area contributed by atoms with Crippen LogP contribution in [-0.2, 0) is 4.79 Å². The molecule has 4 rings (SSSR count). The second-order valence-corrected chi connectivity index (χ2v) is 6.00. The summed E-state index contributed by atoms with van der Waals surface area (Å²) in [5, 5.41) is 0. The molecule has 0 N–H and O–H groups in total. The predicted molar refractivity (Wildman–Crippen MR) is 99.9 cm³/mol. The third-order valence-corrected chi connectivity index (χ3v) is 4.08. The predicted octanol–water partition coefficient (Wildman–Crippen LogP) is 4.30. The first-order valence-electron chi connectivity index (χ1n) is 8.32.